The van der Waals surface area contributed by atoms with Gasteiger partial charge in [-0.15, -0.1) is 11.3 Å². The van der Waals surface area contributed by atoms with Crippen molar-refractivity contribution < 1.29 is 14.3 Å². The molecule has 0 bridgehead atoms. The predicted molar refractivity (Wildman–Crippen MR) is 71.9 cm³/mol. The number of urea groups is 1. The zero-order chi connectivity index (χ0) is 14.2. The first-order valence-electron chi connectivity index (χ1n) is 5.57. The van der Waals surface area contributed by atoms with Crippen molar-refractivity contribution in [2.45, 2.75) is 18.1 Å². The van der Waals surface area contributed by atoms with Crippen molar-refractivity contribution in [3.8, 4) is 0 Å². The SMILES string of the molecule is COC1CN(C(N)=O)C(C(N)=O)(c2ccc(Cl)s2)C1. The van der Waals surface area contributed by atoms with E-state index in [1.54, 1.807) is 12.1 Å². The molecule has 1 aromatic heterocycles. The molecule has 0 saturated carbocycles. The molecule has 0 aromatic carbocycles. The summed E-state index contributed by atoms with van der Waals surface area (Å²) in [5.41, 5.74) is 9.63. The van der Waals surface area contributed by atoms with Gasteiger partial charge in [0.1, 0.15) is 0 Å². The molecule has 19 heavy (non-hydrogen) atoms. The third-order valence-electron chi connectivity index (χ3n) is 3.36. The molecule has 3 amide bonds. The van der Waals surface area contributed by atoms with E-state index in [0.29, 0.717) is 9.21 Å². The fourth-order valence-electron chi connectivity index (χ4n) is 2.42. The number of hydrogen-bond donors (Lipinski definition) is 2. The van der Waals surface area contributed by atoms with E-state index in [4.69, 9.17) is 27.8 Å². The van der Waals surface area contributed by atoms with Gasteiger partial charge in [0.2, 0.25) is 5.91 Å². The highest BCUT2D eigenvalue weighted by atomic mass is 35.5. The van der Waals surface area contributed by atoms with Crippen LogP contribution in [0.1, 0.15) is 11.3 Å². The van der Waals surface area contributed by atoms with Gasteiger partial charge in [0.05, 0.1) is 17.0 Å². The van der Waals surface area contributed by atoms with Crippen molar-refractivity contribution in [1.29, 1.82) is 0 Å². The number of nitrogens with zero attached hydrogens (tertiary/aromatic N) is 1. The van der Waals surface area contributed by atoms with Crippen LogP contribution in [0.2, 0.25) is 4.34 Å². The molecule has 6 nitrogen and oxygen atoms in total. The summed E-state index contributed by atoms with van der Waals surface area (Å²) in [5, 5.41) is 0. The minimum absolute atomic E-state index is 0.226. The van der Waals surface area contributed by atoms with Crippen LogP contribution in [-0.4, -0.2) is 36.6 Å². The van der Waals surface area contributed by atoms with Gasteiger partial charge in [0, 0.05) is 18.4 Å². The average Bonchev–Trinajstić information content (AvgIpc) is 2.92. The number of methoxy groups -OCH3 is 1. The Morgan fingerprint density at radius 1 is 1.53 bits per heavy atom. The number of thiophene rings is 1. The zero-order valence-electron chi connectivity index (χ0n) is 10.3. The lowest BCUT2D eigenvalue weighted by Crippen LogP contribution is -2.54. The third kappa shape index (κ3) is 2.18. The number of amides is 3. The van der Waals surface area contributed by atoms with E-state index < -0.39 is 17.5 Å². The van der Waals surface area contributed by atoms with Crippen LogP contribution in [-0.2, 0) is 15.1 Å². The summed E-state index contributed by atoms with van der Waals surface area (Å²) < 4.78 is 5.75. The van der Waals surface area contributed by atoms with Gasteiger partial charge in [-0.25, -0.2) is 4.79 Å². The lowest BCUT2D eigenvalue weighted by atomic mass is 9.92. The fraction of sp³-hybridized carbons (Fsp3) is 0.455. The Labute approximate surface area is 119 Å². The Morgan fingerprint density at radius 3 is 2.63 bits per heavy atom. The number of nitrogens with two attached hydrogens (primary N) is 2. The monoisotopic (exact) mass is 303 g/mol. The molecule has 2 atom stereocenters. The highest BCUT2D eigenvalue weighted by Gasteiger charge is 2.54. The molecule has 0 spiro atoms. The van der Waals surface area contributed by atoms with E-state index in [9.17, 15) is 9.59 Å². The molecule has 1 aliphatic rings. The number of primary amides is 2. The summed E-state index contributed by atoms with van der Waals surface area (Å²) in [6.45, 7) is 0.226. The lowest BCUT2D eigenvalue weighted by Gasteiger charge is -2.33. The number of ether oxygens (including phenoxy) is 1. The normalized spacial score (nSPS) is 26.6. The topological polar surface area (TPSA) is 98.7 Å². The largest absolute Gasteiger partial charge is 0.379 e. The van der Waals surface area contributed by atoms with Crippen LogP contribution in [0.25, 0.3) is 0 Å². The lowest BCUT2D eigenvalue weighted by molar-refractivity contribution is -0.127. The minimum Gasteiger partial charge on any atom is -0.379 e. The molecule has 2 unspecified atom stereocenters. The first-order valence-corrected chi connectivity index (χ1v) is 6.77. The van der Waals surface area contributed by atoms with E-state index in [-0.39, 0.29) is 19.1 Å². The Kier molecular flexibility index (Phi) is 3.71. The first kappa shape index (κ1) is 14.1. The van der Waals surface area contributed by atoms with Crippen molar-refractivity contribution >= 4 is 34.9 Å². The van der Waals surface area contributed by atoms with Crippen LogP contribution in [0, 0.1) is 0 Å². The summed E-state index contributed by atoms with van der Waals surface area (Å²) in [6.07, 6.45) is -0.0145. The molecule has 1 aromatic rings. The molecule has 1 saturated heterocycles. The Bertz CT molecular complexity index is 521. The smallest absolute Gasteiger partial charge is 0.316 e. The first-order chi connectivity index (χ1) is 8.91. The van der Waals surface area contributed by atoms with Gasteiger partial charge in [-0.05, 0) is 12.1 Å². The second-order valence-corrected chi connectivity index (χ2v) is 6.05. The van der Waals surface area contributed by atoms with E-state index in [1.165, 1.54) is 23.3 Å². The molecule has 8 heteroatoms. The Hall–Kier alpha value is -1.31. The Balaban J connectivity index is 2.54. The standard InChI is InChI=1S/C11H14ClN3O3S/c1-18-6-4-11(9(13)16,15(5-6)10(14)17)7-2-3-8(12)19-7/h2-3,6H,4-5H2,1H3,(H2,13,16)(H2,14,17). The van der Waals surface area contributed by atoms with E-state index in [1.807, 2.05) is 0 Å². The van der Waals surface area contributed by atoms with Crippen molar-refractivity contribution in [2.75, 3.05) is 13.7 Å². The molecular formula is C11H14ClN3O3S. The maximum Gasteiger partial charge on any atom is 0.316 e. The number of carbonyl (C=O) groups is 2. The third-order valence-corrected chi connectivity index (χ3v) is 4.74. The van der Waals surface area contributed by atoms with Gasteiger partial charge >= 0.3 is 6.03 Å². The second kappa shape index (κ2) is 4.99. The zero-order valence-corrected chi connectivity index (χ0v) is 11.8. The van der Waals surface area contributed by atoms with Gasteiger partial charge in [0.15, 0.2) is 5.54 Å². The van der Waals surface area contributed by atoms with Gasteiger partial charge in [-0.2, -0.15) is 0 Å². The number of carbonyl (C=O) groups excluding carboxylic acids is 2. The van der Waals surface area contributed by atoms with Gasteiger partial charge < -0.3 is 21.1 Å². The quantitative estimate of drug-likeness (QED) is 0.867. The Morgan fingerprint density at radius 2 is 2.21 bits per heavy atom. The maximum absolute atomic E-state index is 12.0. The fourth-order valence-corrected chi connectivity index (χ4v) is 3.68. The van der Waals surface area contributed by atoms with Crippen LogP contribution >= 0.6 is 22.9 Å². The highest BCUT2D eigenvalue weighted by Crippen LogP contribution is 2.43. The summed E-state index contributed by atoms with van der Waals surface area (Å²) in [4.78, 5) is 25.5. The molecule has 104 valence electrons. The average molecular weight is 304 g/mol. The second-order valence-electron chi connectivity index (χ2n) is 4.34. The van der Waals surface area contributed by atoms with Crippen molar-refractivity contribution in [1.82, 2.24) is 4.90 Å². The van der Waals surface area contributed by atoms with Crippen molar-refractivity contribution in [3.63, 3.8) is 0 Å². The molecule has 1 aliphatic heterocycles. The highest BCUT2D eigenvalue weighted by molar-refractivity contribution is 7.16. The minimum atomic E-state index is -1.27. The van der Waals surface area contributed by atoms with Crippen molar-refractivity contribution in [2.24, 2.45) is 11.5 Å². The molecule has 0 radical (unpaired) electrons. The summed E-state index contributed by atoms with van der Waals surface area (Å²) in [5.74, 6) is -0.635. The van der Waals surface area contributed by atoms with Gasteiger partial charge in [-0.3, -0.25) is 4.79 Å². The molecule has 2 heterocycles. The van der Waals surface area contributed by atoms with Crippen LogP contribution < -0.4 is 11.5 Å². The number of hydrogen-bond acceptors (Lipinski definition) is 4. The van der Waals surface area contributed by atoms with Crippen LogP contribution in [0.4, 0.5) is 4.79 Å². The van der Waals surface area contributed by atoms with Crippen LogP contribution in [0.3, 0.4) is 0 Å². The van der Waals surface area contributed by atoms with Gasteiger partial charge in [0.25, 0.3) is 0 Å². The molecule has 0 aliphatic carbocycles. The molecule has 1 fully saturated rings. The van der Waals surface area contributed by atoms with Crippen LogP contribution in [0.5, 0.6) is 0 Å². The number of likely N-dealkylation sites (tertiary alicyclic amines) is 1. The summed E-state index contributed by atoms with van der Waals surface area (Å²) >= 11 is 7.11. The van der Waals surface area contributed by atoms with Gasteiger partial charge in [-0.1, -0.05) is 11.6 Å². The number of rotatable bonds is 3. The predicted octanol–water partition coefficient (Wildman–Crippen LogP) is 0.882. The maximum atomic E-state index is 12.0. The molecular weight excluding hydrogens is 290 g/mol. The van der Waals surface area contributed by atoms with E-state index in [2.05, 4.69) is 0 Å². The van der Waals surface area contributed by atoms with Crippen molar-refractivity contribution in [3.05, 3.63) is 21.3 Å². The summed E-state index contributed by atoms with van der Waals surface area (Å²) in [7, 11) is 1.52. The molecule has 4 N–H and O–H groups in total. The van der Waals surface area contributed by atoms with Crippen LogP contribution in [0.15, 0.2) is 12.1 Å². The van der Waals surface area contributed by atoms with E-state index in [0.717, 1.165) is 0 Å². The van der Waals surface area contributed by atoms with E-state index >= 15 is 0 Å². The summed E-state index contributed by atoms with van der Waals surface area (Å²) in [6, 6.07) is 2.64. The molecule has 2 rings (SSSR count). The number of halogens is 1.